The van der Waals surface area contributed by atoms with Gasteiger partial charge in [-0.3, -0.25) is 19.7 Å². The van der Waals surface area contributed by atoms with Crippen LogP contribution in [0.15, 0.2) is 18.2 Å². The summed E-state index contributed by atoms with van der Waals surface area (Å²) in [6.45, 7) is 0.392. The van der Waals surface area contributed by atoms with Crippen molar-refractivity contribution in [2.24, 2.45) is 0 Å². The molecule has 2 rings (SSSR count). The number of anilines is 1. The normalized spacial score (nSPS) is 18.0. The molecule has 1 unspecified atom stereocenters. The molecule has 1 amide bonds. The molecule has 0 aromatic heterocycles. The second-order valence-electron chi connectivity index (χ2n) is 4.82. The van der Waals surface area contributed by atoms with Crippen molar-refractivity contribution in [1.82, 2.24) is 4.90 Å². The van der Waals surface area contributed by atoms with E-state index < -0.39 is 22.8 Å². The Morgan fingerprint density at radius 1 is 1.50 bits per heavy atom. The van der Waals surface area contributed by atoms with Crippen LogP contribution in [0.25, 0.3) is 0 Å². The SMILES string of the molecule is Nc1c(C(=O)N2CCSCC2CC(=O)O)cccc1[N+](=O)[O-]. The molecule has 9 heteroatoms. The molecule has 0 bridgehead atoms. The van der Waals surface area contributed by atoms with Gasteiger partial charge in [0.1, 0.15) is 5.69 Å². The smallest absolute Gasteiger partial charge is 0.305 e. The summed E-state index contributed by atoms with van der Waals surface area (Å²) >= 11 is 1.58. The van der Waals surface area contributed by atoms with Gasteiger partial charge in [-0.15, -0.1) is 0 Å². The molecular weight excluding hydrogens is 310 g/mol. The van der Waals surface area contributed by atoms with E-state index in [1.807, 2.05) is 0 Å². The number of nitro benzene ring substituents is 1. The Balaban J connectivity index is 2.31. The van der Waals surface area contributed by atoms with Gasteiger partial charge in [-0.25, -0.2) is 0 Å². The Morgan fingerprint density at radius 2 is 2.23 bits per heavy atom. The van der Waals surface area contributed by atoms with E-state index in [0.717, 1.165) is 0 Å². The second kappa shape index (κ2) is 6.65. The van der Waals surface area contributed by atoms with E-state index >= 15 is 0 Å². The largest absolute Gasteiger partial charge is 0.481 e. The summed E-state index contributed by atoms with van der Waals surface area (Å²) in [6.07, 6.45) is -0.159. The van der Waals surface area contributed by atoms with Gasteiger partial charge < -0.3 is 15.7 Å². The van der Waals surface area contributed by atoms with Crippen LogP contribution in [0.1, 0.15) is 16.8 Å². The number of rotatable bonds is 4. The van der Waals surface area contributed by atoms with Gasteiger partial charge in [0.25, 0.3) is 11.6 Å². The van der Waals surface area contributed by atoms with Gasteiger partial charge >= 0.3 is 5.97 Å². The minimum atomic E-state index is -0.989. The standard InChI is InChI=1S/C13H15N3O5S/c14-12-9(2-1-3-10(12)16(20)21)13(19)15-4-5-22-7-8(15)6-11(17)18/h1-3,8H,4-7,14H2,(H,17,18). The predicted molar refractivity (Wildman–Crippen MR) is 81.9 cm³/mol. The molecule has 0 aliphatic carbocycles. The quantitative estimate of drug-likeness (QED) is 0.484. The molecule has 1 aliphatic rings. The molecule has 1 saturated heterocycles. The number of thioether (sulfide) groups is 1. The number of carbonyl (C=O) groups is 2. The third-order valence-electron chi connectivity index (χ3n) is 3.41. The van der Waals surface area contributed by atoms with Crippen LogP contribution in [0.5, 0.6) is 0 Å². The van der Waals surface area contributed by atoms with Crippen molar-refractivity contribution in [2.45, 2.75) is 12.5 Å². The van der Waals surface area contributed by atoms with Crippen molar-refractivity contribution in [3.05, 3.63) is 33.9 Å². The molecule has 3 N–H and O–H groups in total. The minimum absolute atomic E-state index is 0.0384. The molecule has 1 aromatic carbocycles. The number of hydrogen-bond donors (Lipinski definition) is 2. The topological polar surface area (TPSA) is 127 Å². The molecular formula is C13H15N3O5S. The maximum Gasteiger partial charge on any atom is 0.305 e. The van der Waals surface area contributed by atoms with Gasteiger partial charge in [-0.05, 0) is 6.07 Å². The number of para-hydroxylation sites is 1. The van der Waals surface area contributed by atoms with Crippen LogP contribution in [-0.4, -0.2) is 50.9 Å². The third-order valence-corrected chi connectivity index (χ3v) is 4.50. The Hall–Kier alpha value is -2.29. The van der Waals surface area contributed by atoms with Crippen molar-refractivity contribution in [3.8, 4) is 0 Å². The molecule has 0 saturated carbocycles. The lowest BCUT2D eigenvalue weighted by atomic mass is 10.1. The fraction of sp³-hybridized carbons (Fsp3) is 0.385. The average Bonchev–Trinajstić information content (AvgIpc) is 2.46. The monoisotopic (exact) mass is 325 g/mol. The number of nitrogen functional groups attached to an aromatic ring is 1. The lowest BCUT2D eigenvalue weighted by Crippen LogP contribution is -2.47. The number of nitrogens with two attached hydrogens (primary N) is 1. The number of carbonyl (C=O) groups excluding carboxylic acids is 1. The number of benzene rings is 1. The number of amides is 1. The number of nitrogens with zero attached hydrogens (tertiary/aromatic N) is 2. The van der Waals surface area contributed by atoms with Gasteiger partial charge in [0.15, 0.2) is 0 Å². The highest BCUT2D eigenvalue weighted by Crippen LogP contribution is 2.28. The number of carboxylic acids is 1. The zero-order chi connectivity index (χ0) is 16.3. The number of aliphatic carboxylic acids is 1. The zero-order valence-corrected chi connectivity index (χ0v) is 12.4. The number of carboxylic acid groups (broad SMARTS) is 1. The summed E-state index contributed by atoms with van der Waals surface area (Å²) in [5, 5.41) is 19.8. The first-order chi connectivity index (χ1) is 10.4. The van der Waals surface area contributed by atoms with Crippen molar-refractivity contribution < 1.29 is 19.6 Å². The molecule has 22 heavy (non-hydrogen) atoms. The van der Waals surface area contributed by atoms with E-state index in [-0.39, 0.29) is 23.4 Å². The first kappa shape index (κ1) is 16.1. The summed E-state index contributed by atoms with van der Waals surface area (Å²) in [5.74, 6) is -0.242. The van der Waals surface area contributed by atoms with Crippen molar-refractivity contribution in [2.75, 3.05) is 23.8 Å². The Labute approximate surface area is 130 Å². The van der Waals surface area contributed by atoms with Crippen LogP contribution >= 0.6 is 11.8 Å². The Kier molecular flexibility index (Phi) is 4.86. The Bertz CT molecular complexity index is 622. The van der Waals surface area contributed by atoms with Crippen LogP contribution in [0.4, 0.5) is 11.4 Å². The summed E-state index contributed by atoms with van der Waals surface area (Å²) in [4.78, 5) is 35.2. The van der Waals surface area contributed by atoms with Crippen LogP contribution in [0, 0.1) is 10.1 Å². The predicted octanol–water partition coefficient (Wildman–Crippen LogP) is 1.21. The molecule has 1 heterocycles. The highest BCUT2D eigenvalue weighted by atomic mass is 32.2. The Morgan fingerprint density at radius 3 is 2.86 bits per heavy atom. The molecule has 1 fully saturated rings. The summed E-state index contributed by atoms with van der Waals surface area (Å²) in [7, 11) is 0. The lowest BCUT2D eigenvalue weighted by molar-refractivity contribution is -0.383. The van der Waals surface area contributed by atoms with Crippen molar-refractivity contribution in [1.29, 1.82) is 0 Å². The summed E-state index contributed by atoms with van der Waals surface area (Å²) in [6, 6.07) is 3.60. The third kappa shape index (κ3) is 3.30. The highest BCUT2D eigenvalue weighted by molar-refractivity contribution is 7.99. The van der Waals surface area contributed by atoms with Crippen LogP contribution < -0.4 is 5.73 Å². The van der Waals surface area contributed by atoms with Crippen molar-refractivity contribution in [3.63, 3.8) is 0 Å². The van der Waals surface area contributed by atoms with Gasteiger partial charge in [0.2, 0.25) is 0 Å². The van der Waals surface area contributed by atoms with Crippen LogP contribution in [0.3, 0.4) is 0 Å². The summed E-state index contributed by atoms with van der Waals surface area (Å²) < 4.78 is 0. The molecule has 8 nitrogen and oxygen atoms in total. The van der Waals surface area contributed by atoms with Crippen LogP contribution in [0.2, 0.25) is 0 Å². The minimum Gasteiger partial charge on any atom is -0.481 e. The number of nitro groups is 1. The fourth-order valence-corrected chi connectivity index (χ4v) is 3.41. The molecule has 1 atom stereocenters. The van der Waals surface area contributed by atoms with Gasteiger partial charge in [0.05, 0.1) is 22.9 Å². The zero-order valence-electron chi connectivity index (χ0n) is 11.6. The maximum absolute atomic E-state index is 12.6. The molecule has 0 radical (unpaired) electrons. The first-order valence-electron chi connectivity index (χ1n) is 6.55. The highest BCUT2D eigenvalue weighted by Gasteiger charge is 2.31. The number of hydrogen-bond acceptors (Lipinski definition) is 6. The van der Waals surface area contributed by atoms with Crippen molar-refractivity contribution >= 4 is 35.0 Å². The van der Waals surface area contributed by atoms with Gasteiger partial charge in [-0.1, -0.05) is 6.07 Å². The summed E-state index contributed by atoms with van der Waals surface area (Å²) in [5.41, 5.74) is 5.25. The van der Waals surface area contributed by atoms with Gasteiger partial charge in [-0.2, -0.15) is 11.8 Å². The molecule has 118 valence electrons. The van der Waals surface area contributed by atoms with Gasteiger partial charge in [0, 0.05) is 24.1 Å². The molecule has 1 aliphatic heterocycles. The lowest BCUT2D eigenvalue weighted by Gasteiger charge is -2.34. The first-order valence-corrected chi connectivity index (χ1v) is 7.70. The fourth-order valence-electron chi connectivity index (χ4n) is 2.35. The van der Waals surface area contributed by atoms with E-state index in [4.69, 9.17) is 10.8 Å². The van der Waals surface area contributed by atoms with E-state index in [1.165, 1.54) is 23.1 Å². The van der Waals surface area contributed by atoms with Crippen LogP contribution in [-0.2, 0) is 4.79 Å². The molecule has 1 aromatic rings. The average molecular weight is 325 g/mol. The van der Waals surface area contributed by atoms with E-state index in [9.17, 15) is 19.7 Å². The molecule has 0 spiro atoms. The van der Waals surface area contributed by atoms with E-state index in [1.54, 1.807) is 11.8 Å². The van der Waals surface area contributed by atoms with E-state index in [2.05, 4.69) is 0 Å². The second-order valence-corrected chi connectivity index (χ2v) is 5.97. The maximum atomic E-state index is 12.6. The van der Waals surface area contributed by atoms with E-state index in [0.29, 0.717) is 18.1 Å².